The van der Waals surface area contributed by atoms with Crippen molar-refractivity contribution in [1.82, 2.24) is 0 Å². The highest BCUT2D eigenvalue weighted by Crippen LogP contribution is 2.43. The van der Waals surface area contributed by atoms with Gasteiger partial charge in [0.15, 0.2) is 11.5 Å². The summed E-state index contributed by atoms with van der Waals surface area (Å²) >= 11 is 0. The summed E-state index contributed by atoms with van der Waals surface area (Å²) in [4.78, 5) is 36.8. The third kappa shape index (κ3) is 6.85. The SMILES string of the molecule is C=C(C)C(=O)Oc1ccc(-c2ccc(-c3cc(OC)c(OC)cc3OC(=O)C(=C)C)cc2OC(=O)C(=C)C)cc1. The van der Waals surface area contributed by atoms with Gasteiger partial charge in [0.2, 0.25) is 0 Å². The van der Waals surface area contributed by atoms with E-state index in [9.17, 15) is 14.4 Å². The van der Waals surface area contributed by atoms with Crippen LogP contribution in [0.15, 0.2) is 91.1 Å². The highest BCUT2D eigenvalue weighted by molar-refractivity contribution is 5.93. The zero-order valence-corrected chi connectivity index (χ0v) is 23.1. The van der Waals surface area contributed by atoms with Crippen LogP contribution in [0.3, 0.4) is 0 Å². The van der Waals surface area contributed by atoms with E-state index in [1.54, 1.807) is 62.4 Å². The molecular weight excluding hydrogens is 512 g/mol. The maximum absolute atomic E-state index is 12.6. The molecule has 206 valence electrons. The highest BCUT2D eigenvalue weighted by atomic mass is 16.5. The Labute approximate surface area is 233 Å². The van der Waals surface area contributed by atoms with Crippen LogP contribution in [0.5, 0.6) is 28.7 Å². The third-order valence-electron chi connectivity index (χ3n) is 5.60. The van der Waals surface area contributed by atoms with Crippen molar-refractivity contribution in [3.05, 3.63) is 91.1 Å². The molecule has 0 unspecified atom stereocenters. The standard InChI is InChI=1S/C32H30O8/c1-18(2)30(33)38-23-12-9-21(10-13-23)24-14-11-22(15-26(24)39-31(34)19(3)4)25-16-28(36-7)29(37-8)17-27(25)40-32(35)20(5)6/h9-17H,1,3,5H2,2,4,6-8H3. The summed E-state index contributed by atoms with van der Waals surface area (Å²) < 4.78 is 27.4. The average molecular weight is 543 g/mol. The number of esters is 3. The van der Waals surface area contributed by atoms with Crippen LogP contribution in [0.4, 0.5) is 0 Å². The number of rotatable bonds is 10. The van der Waals surface area contributed by atoms with Crippen LogP contribution in [-0.2, 0) is 14.4 Å². The number of benzene rings is 3. The van der Waals surface area contributed by atoms with Gasteiger partial charge in [-0.15, -0.1) is 0 Å². The molecule has 0 aromatic heterocycles. The predicted octanol–water partition coefficient (Wildman–Crippen LogP) is 6.48. The minimum Gasteiger partial charge on any atom is -0.493 e. The Hall–Kier alpha value is -5.11. The van der Waals surface area contributed by atoms with Gasteiger partial charge < -0.3 is 23.7 Å². The highest BCUT2D eigenvalue weighted by Gasteiger charge is 2.20. The first-order valence-electron chi connectivity index (χ1n) is 12.1. The third-order valence-corrected chi connectivity index (χ3v) is 5.60. The summed E-state index contributed by atoms with van der Waals surface area (Å²) in [6.07, 6.45) is 0. The molecule has 8 nitrogen and oxygen atoms in total. The lowest BCUT2D eigenvalue weighted by molar-refractivity contribution is -0.130. The van der Waals surface area contributed by atoms with Gasteiger partial charge in [-0.2, -0.15) is 0 Å². The molecule has 0 amide bonds. The van der Waals surface area contributed by atoms with E-state index < -0.39 is 17.9 Å². The number of hydrogen-bond acceptors (Lipinski definition) is 8. The van der Waals surface area contributed by atoms with Crippen LogP contribution >= 0.6 is 0 Å². The van der Waals surface area contributed by atoms with Gasteiger partial charge >= 0.3 is 17.9 Å². The molecule has 0 aliphatic heterocycles. The molecule has 0 bridgehead atoms. The Morgan fingerprint density at radius 2 is 0.975 bits per heavy atom. The molecule has 0 saturated heterocycles. The van der Waals surface area contributed by atoms with Crippen molar-refractivity contribution in [1.29, 1.82) is 0 Å². The fourth-order valence-corrected chi connectivity index (χ4v) is 3.45. The van der Waals surface area contributed by atoms with E-state index in [-0.39, 0.29) is 28.2 Å². The van der Waals surface area contributed by atoms with Gasteiger partial charge in [0.1, 0.15) is 17.2 Å². The summed E-state index contributed by atoms with van der Waals surface area (Å²) in [6.45, 7) is 15.5. The van der Waals surface area contributed by atoms with Crippen molar-refractivity contribution in [3.8, 4) is 51.0 Å². The average Bonchev–Trinajstić information content (AvgIpc) is 2.92. The lowest BCUT2D eigenvalue weighted by Crippen LogP contribution is -2.10. The second-order valence-electron chi connectivity index (χ2n) is 8.95. The molecule has 3 aromatic rings. The normalized spacial score (nSPS) is 10.2. The molecule has 0 saturated carbocycles. The summed E-state index contributed by atoms with van der Waals surface area (Å²) in [7, 11) is 2.96. The zero-order chi connectivity index (χ0) is 29.6. The fraction of sp³-hybridized carbons (Fsp3) is 0.156. The number of ether oxygens (including phenoxy) is 5. The Morgan fingerprint density at radius 3 is 1.48 bits per heavy atom. The molecule has 0 aliphatic carbocycles. The molecule has 0 fully saturated rings. The van der Waals surface area contributed by atoms with Crippen molar-refractivity contribution in [2.75, 3.05) is 14.2 Å². The Kier molecular flexibility index (Phi) is 9.29. The van der Waals surface area contributed by atoms with E-state index in [0.29, 0.717) is 39.5 Å². The van der Waals surface area contributed by atoms with Gasteiger partial charge in [-0.05, 0) is 56.2 Å². The van der Waals surface area contributed by atoms with E-state index >= 15 is 0 Å². The molecule has 0 atom stereocenters. The second kappa shape index (κ2) is 12.6. The van der Waals surface area contributed by atoms with Crippen LogP contribution < -0.4 is 23.7 Å². The quantitative estimate of drug-likeness (QED) is 0.163. The molecule has 8 heteroatoms. The van der Waals surface area contributed by atoms with Gasteiger partial charge in [-0.25, -0.2) is 14.4 Å². The number of methoxy groups -OCH3 is 2. The smallest absolute Gasteiger partial charge is 0.338 e. The summed E-state index contributed by atoms with van der Waals surface area (Å²) in [5, 5.41) is 0. The van der Waals surface area contributed by atoms with Gasteiger partial charge in [0, 0.05) is 33.9 Å². The van der Waals surface area contributed by atoms with Gasteiger partial charge in [-0.3, -0.25) is 0 Å². The minimum atomic E-state index is -0.619. The predicted molar refractivity (Wildman–Crippen MR) is 152 cm³/mol. The van der Waals surface area contributed by atoms with Crippen LogP contribution in [0.2, 0.25) is 0 Å². The largest absolute Gasteiger partial charge is 0.493 e. The van der Waals surface area contributed by atoms with Crippen molar-refractivity contribution in [3.63, 3.8) is 0 Å². The van der Waals surface area contributed by atoms with E-state index in [1.807, 2.05) is 0 Å². The van der Waals surface area contributed by atoms with E-state index in [0.717, 1.165) is 0 Å². The van der Waals surface area contributed by atoms with Gasteiger partial charge in [0.05, 0.1) is 14.2 Å². The lowest BCUT2D eigenvalue weighted by atomic mass is 9.98. The van der Waals surface area contributed by atoms with Crippen molar-refractivity contribution < 1.29 is 38.1 Å². The first-order chi connectivity index (χ1) is 18.9. The minimum absolute atomic E-state index is 0.194. The lowest BCUT2D eigenvalue weighted by Gasteiger charge is -2.17. The molecule has 3 aromatic carbocycles. The second-order valence-corrected chi connectivity index (χ2v) is 8.95. The molecular formula is C32H30O8. The number of hydrogen-bond donors (Lipinski definition) is 0. The molecule has 3 rings (SSSR count). The molecule has 40 heavy (non-hydrogen) atoms. The molecule has 0 heterocycles. The van der Waals surface area contributed by atoms with Crippen LogP contribution in [0.25, 0.3) is 22.3 Å². The van der Waals surface area contributed by atoms with Crippen LogP contribution in [0.1, 0.15) is 20.8 Å². The van der Waals surface area contributed by atoms with Crippen LogP contribution in [0, 0.1) is 0 Å². The molecule has 0 aliphatic rings. The van der Waals surface area contributed by atoms with Crippen molar-refractivity contribution in [2.45, 2.75) is 20.8 Å². The first-order valence-corrected chi connectivity index (χ1v) is 12.1. The Morgan fingerprint density at radius 1 is 0.525 bits per heavy atom. The monoisotopic (exact) mass is 542 g/mol. The van der Waals surface area contributed by atoms with Gasteiger partial charge in [0.25, 0.3) is 0 Å². The number of carbonyl (C=O) groups excluding carboxylic acids is 3. The fourth-order valence-electron chi connectivity index (χ4n) is 3.45. The Bertz CT molecular complexity index is 1510. The maximum Gasteiger partial charge on any atom is 0.338 e. The summed E-state index contributed by atoms with van der Waals surface area (Å²) in [5.74, 6) is -0.262. The number of carbonyl (C=O) groups is 3. The van der Waals surface area contributed by atoms with Crippen molar-refractivity contribution >= 4 is 17.9 Å². The maximum atomic E-state index is 12.6. The zero-order valence-electron chi connectivity index (χ0n) is 23.1. The molecule has 0 spiro atoms. The Balaban J connectivity index is 2.15. The van der Waals surface area contributed by atoms with Crippen LogP contribution in [-0.4, -0.2) is 32.1 Å². The van der Waals surface area contributed by atoms with Crippen molar-refractivity contribution in [2.24, 2.45) is 0 Å². The van der Waals surface area contributed by atoms with Gasteiger partial charge in [-0.1, -0.05) is 44.0 Å². The molecule has 0 N–H and O–H groups in total. The van der Waals surface area contributed by atoms with E-state index in [1.165, 1.54) is 27.2 Å². The van der Waals surface area contributed by atoms with E-state index in [2.05, 4.69) is 19.7 Å². The topological polar surface area (TPSA) is 97.4 Å². The summed E-state index contributed by atoms with van der Waals surface area (Å²) in [6, 6.07) is 15.1. The first kappa shape index (κ1) is 29.4. The summed E-state index contributed by atoms with van der Waals surface area (Å²) in [5.41, 5.74) is 3.01. The van der Waals surface area contributed by atoms with E-state index in [4.69, 9.17) is 23.7 Å². The molecule has 0 radical (unpaired) electrons.